The van der Waals surface area contributed by atoms with E-state index in [0.29, 0.717) is 12.3 Å². The van der Waals surface area contributed by atoms with E-state index in [4.69, 9.17) is 24.4 Å². The molecule has 1 aliphatic carbocycles. The highest BCUT2D eigenvalue weighted by molar-refractivity contribution is 7.89. The molecule has 1 nitrogen and oxygen atoms in total. The van der Waals surface area contributed by atoms with Gasteiger partial charge in [-0.15, -0.1) is 0 Å². The lowest BCUT2D eigenvalue weighted by Crippen LogP contribution is -2.09. The molecule has 0 bridgehead atoms. The summed E-state index contributed by atoms with van der Waals surface area (Å²) in [6.07, 6.45) is 7.03. The molecule has 0 aliphatic heterocycles. The van der Waals surface area contributed by atoms with Gasteiger partial charge in [0, 0.05) is 16.1 Å². The second-order valence-corrected chi connectivity index (χ2v) is 4.41. The van der Waals surface area contributed by atoms with Gasteiger partial charge in [-0.05, 0) is 31.6 Å². The average Bonchev–Trinajstić information content (AvgIpc) is 2.43. The zero-order valence-electron chi connectivity index (χ0n) is 7.62. The molecular weight excluding hydrogens is 200 g/mol. The van der Waals surface area contributed by atoms with E-state index < -0.39 is 0 Å². The average molecular weight is 214 g/mol. The summed E-state index contributed by atoms with van der Waals surface area (Å²) in [5.41, 5.74) is 0. The van der Waals surface area contributed by atoms with Gasteiger partial charge in [-0.3, -0.25) is 0 Å². The van der Waals surface area contributed by atoms with Crippen LogP contribution in [0.3, 0.4) is 0 Å². The maximum atomic E-state index is 10.1. The van der Waals surface area contributed by atoms with Crippen molar-refractivity contribution < 1.29 is 4.79 Å². The molecule has 0 radical (unpaired) electrons. The zero-order valence-corrected chi connectivity index (χ0v) is 9.26. The van der Waals surface area contributed by atoms with Gasteiger partial charge in [0.25, 0.3) is 0 Å². The first-order chi connectivity index (χ1) is 6.25. The Morgan fingerprint density at radius 2 is 2.15 bits per heavy atom. The van der Waals surface area contributed by atoms with Crippen LogP contribution in [0.15, 0.2) is 0 Å². The second kappa shape index (κ2) is 5.55. The molecule has 1 aliphatic rings. The zero-order chi connectivity index (χ0) is 9.68. The highest BCUT2D eigenvalue weighted by atomic mass is 32.1. The number of hydrogen-bond acceptors (Lipinski definition) is 3. The third-order valence-corrected chi connectivity index (χ3v) is 3.62. The van der Waals surface area contributed by atoms with Gasteiger partial charge < -0.3 is 4.79 Å². The molecule has 0 aromatic rings. The summed E-state index contributed by atoms with van der Waals surface area (Å²) < 4.78 is 0. The molecule has 1 atom stereocenters. The number of aldehydes is 1. The van der Waals surface area contributed by atoms with Crippen molar-refractivity contribution in [3.05, 3.63) is 0 Å². The number of unbranched alkanes of at least 4 members (excludes halogenated alkanes) is 2. The van der Waals surface area contributed by atoms with E-state index in [1.807, 2.05) is 0 Å². The summed E-state index contributed by atoms with van der Waals surface area (Å²) >= 11 is 10.4. The summed E-state index contributed by atoms with van der Waals surface area (Å²) in [7, 11) is 0. The molecule has 0 N–H and O–H groups in total. The molecule has 1 unspecified atom stereocenters. The van der Waals surface area contributed by atoms with Gasteiger partial charge in [0.2, 0.25) is 0 Å². The van der Waals surface area contributed by atoms with Gasteiger partial charge in [-0.25, -0.2) is 0 Å². The minimum Gasteiger partial charge on any atom is -0.303 e. The molecular formula is C10H14OS2. The highest BCUT2D eigenvalue weighted by Crippen LogP contribution is 2.26. The van der Waals surface area contributed by atoms with Crippen molar-refractivity contribution in [3.63, 3.8) is 0 Å². The van der Waals surface area contributed by atoms with Crippen LogP contribution in [-0.4, -0.2) is 16.0 Å². The van der Waals surface area contributed by atoms with Crippen LogP contribution in [0.25, 0.3) is 0 Å². The van der Waals surface area contributed by atoms with E-state index in [1.54, 1.807) is 0 Å². The van der Waals surface area contributed by atoms with Gasteiger partial charge in [0.15, 0.2) is 0 Å². The molecule has 72 valence electrons. The first-order valence-corrected chi connectivity index (χ1v) is 5.58. The summed E-state index contributed by atoms with van der Waals surface area (Å²) in [5, 5.41) is 0. The van der Waals surface area contributed by atoms with Crippen molar-refractivity contribution in [3.8, 4) is 0 Å². The maximum absolute atomic E-state index is 10.1. The number of hydrogen-bond donors (Lipinski definition) is 0. The van der Waals surface area contributed by atoms with E-state index in [2.05, 4.69) is 0 Å². The van der Waals surface area contributed by atoms with E-state index in [9.17, 15) is 4.79 Å². The molecule has 0 amide bonds. The normalized spacial score (nSPS) is 22.3. The van der Waals surface area contributed by atoms with E-state index in [0.717, 1.165) is 48.1 Å². The van der Waals surface area contributed by atoms with Gasteiger partial charge in [-0.1, -0.05) is 30.9 Å². The molecule has 1 fully saturated rings. The molecule has 13 heavy (non-hydrogen) atoms. The lowest BCUT2D eigenvalue weighted by atomic mass is 10.00. The fraction of sp³-hybridized carbons (Fsp3) is 0.700. The summed E-state index contributed by atoms with van der Waals surface area (Å²) in [5.74, 6) is 0.536. The Labute approximate surface area is 89.9 Å². The van der Waals surface area contributed by atoms with Crippen molar-refractivity contribution in [2.45, 2.75) is 38.5 Å². The van der Waals surface area contributed by atoms with E-state index in [1.165, 1.54) is 0 Å². The van der Waals surface area contributed by atoms with Gasteiger partial charge >= 0.3 is 0 Å². The Morgan fingerprint density at radius 3 is 2.69 bits per heavy atom. The number of carbonyl (C=O) groups is 1. The molecule has 1 saturated carbocycles. The SMILES string of the molecule is O=CCCCCC1CCC(=S)C1=S. The van der Waals surface area contributed by atoms with Crippen molar-refractivity contribution >= 4 is 40.5 Å². The van der Waals surface area contributed by atoms with Crippen LogP contribution in [0.1, 0.15) is 38.5 Å². The second-order valence-electron chi connectivity index (χ2n) is 3.47. The molecule has 0 aromatic heterocycles. The van der Waals surface area contributed by atoms with Crippen molar-refractivity contribution in [2.24, 2.45) is 5.92 Å². The van der Waals surface area contributed by atoms with Crippen LogP contribution in [-0.2, 0) is 4.79 Å². The minimum atomic E-state index is 0.536. The number of carbonyl (C=O) groups excluding carboxylic acids is 1. The lowest BCUT2D eigenvalue weighted by Gasteiger charge is -2.07. The Hall–Kier alpha value is -0.150. The van der Waals surface area contributed by atoms with E-state index >= 15 is 0 Å². The Morgan fingerprint density at radius 1 is 1.38 bits per heavy atom. The van der Waals surface area contributed by atoms with Crippen molar-refractivity contribution in [2.75, 3.05) is 0 Å². The molecule has 3 heteroatoms. The predicted octanol–water partition coefficient (Wildman–Crippen LogP) is 2.90. The molecule has 0 saturated heterocycles. The Kier molecular flexibility index (Phi) is 4.67. The number of thiocarbonyl (C=S) groups is 2. The monoisotopic (exact) mass is 214 g/mol. The highest BCUT2D eigenvalue weighted by Gasteiger charge is 2.24. The van der Waals surface area contributed by atoms with Crippen molar-refractivity contribution in [1.82, 2.24) is 0 Å². The first-order valence-electron chi connectivity index (χ1n) is 4.76. The minimum absolute atomic E-state index is 0.536. The molecule has 1 rings (SSSR count). The maximum Gasteiger partial charge on any atom is 0.119 e. The smallest absolute Gasteiger partial charge is 0.119 e. The Balaban J connectivity index is 2.19. The van der Waals surface area contributed by atoms with Gasteiger partial charge in [-0.2, -0.15) is 0 Å². The van der Waals surface area contributed by atoms with Gasteiger partial charge in [0.1, 0.15) is 6.29 Å². The predicted molar refractivity (Wildman–Crippen MR) is 62.5 cm³/mol. The van der Waals surface area contributed by atoms with E-state index in [-0.39, 0.29) is 0 Å². The molecule has 0 heterocycles. The third-order valence-electron chi connectivity index (χ3n) is 2.49. The van der Waals surface area contributed by atoms with Gasteiger partial charge in [0.05, 0.1) is 0 Å². The molecule has 0 aromatic carbocycles. The lowest BCUT2D eigenvalue weighted by molar-refractivity contribution is -0.107. The Bertz CT molecular complexity index is 223. The first kappa shape index (κ1) is 10.9. The van der Waals surface area contributed by atoms with Crippen molar-refractivity contribution in [1.29, 1.82) is 0 Å². The topological polar surface area (TPSA) is 17.1 Å². The summed E-state index contributed by atoms with van der Waals surface area (Å²) in [6.45, 7) is 0. The molecule has 0 spiro atoms. The summed E-state index contributed by atoms with van der Waals surface area (Å²) in [6, 6.07) is 0. The number of rotatable bonds is 5. The fourth-order valence-corrected chi connectivity index (χ4v) is 2.30. The fourth-order valence-electron chi connectivity index (χ4n) is 1.68. The van der Waals surface area contributed by atoms with Crippen LogP contribution >= 0.6 is 24.4 Å². The van der Waals surface area contributed by atoms with Crippen LogP contribution in [0.4, 0.5) is 0 Å². The standard InChI is InChI=1S/C10H14OS2/c11-7-3-1-2-4-8-5-6-9(12)10(8)13/h7-8H,1-6H2. The summed E-state index contributed by atoms with van der Waals surface area (Å²) in [4.78, 5) is 12.1. The van der Waals surface area contributed by atoms with Crippen LogP contribution in [0.2, 0.25) is 0 Å². The van der Waals surface area contributed by atoms with Crippen LogP contribution in [0.5, 0.6) is 0 Å². The van der Waals surface area contributed by atoms with Crippen LogP contribution < -0.4 is 0 Å². The third kappa shape index (κ3) is 3.24. The van der Waals surface area contributed by atoms with Crippen LogP contribution in [0, 0.1) is 5.92 Å². The largest absolute Gasteiger partial charge is 0.303 e. The quantitative estimate of drug-likeness (QED) is 0.398.